The number of nitro benzene ring substituents is 1. The van der Waals surface area contributed by atoms with Crippen molar-refractivity contribution in [2.75, 3.05) is 27.9 Å². The van der Waals surface area contributed by atoms with Crippen molar-refractivity contribution in [3.8, 4) is 23.0 Å². The average Bonchev–Trinajstić information content (AvgIpc) is 2.73. The normalized spacial score (nSPS) is 11.2. The summed E-state index contributed by atoms with van der Waals surface area (Å²) >= 11 is 0. The fraction of sp³-hybridized carbons (Fsp3) is 0.278. The summed E-state index contributed by atoms with van der Waals surface area (Å²) in [5.41, 5.74) is -0.0996. The van der Waals surface area contributed by atoms with Gasteiger partial charge in [-0.2, -0.15) is 13.5 Å². The monoisotopic (exact) mass is 439 g/mol. The van der Waals surface area contributed by atoms with Crippen molar-refractivity contribution >= 4 is 21.9 Å². The Morgan fingerprint density at radius 2 is 1.73 bits per heavy atom. The lowest BCUT2D eigenvalue weighted by molar-refractivity contribution is -0.385. The van der Waals surface area contributed by atoms with Crippen molar-refractivity contribution in [3.05, 3.63) is 46.0 Å². The molecule has 0 spiro atoms. The first-order valence-corrected chi connectivity index (χ1v) is 10.0. The molecule has 0 saturated carbocycles. The van der Waals surface area contributed by atoms with Crippen LogP contribution in [0.5, 0.6) is 23.0 Å². The molecule has 162 valence electrons. The van der Waals surface area contributed by atoms with E-state index in [9.17, 15) is 18.5 Å². The lowest BCUT2D eigenvalue weighted by atomic mass is 10.2. The molecule has 0 atom stereocenters. The third-order valence-corrected chi connectivity index (χ3v) is 5.03. The van der Waals surface area contributed by atoms with Gasteiger partial charge in [-0.05, 0) is 25.1 Å². The minimum absolute atomic E-state index is 0.0203. The number of hydrogen-bond donors (Lipinski definition) is 1. The van der Waals surface area contributed by atoms with E-state index in [0.29, 0.717) is 5.75 Å². The number of sulfonamides is 1. The van der Waals surface area contributed by atoms with E-state index in [1.165, 1.54) is 51.7 Å². The molecule has 0 unspecified atom stereocenters. The Bertz CT molecular complexity index is 1050. The topological polar surface area (TPSA) is 139 Å². The number of hydrazone groups is 1. The number of nitrogens with zero attached hydrogens (tertiary/aromatic N) is 2. The summed E-state index contributed by atoms with van der Waals surface area (Å²) in [6, 6.07) is 6.68. The second-order valence-corrected chi connectivity index (χ2v) is 7.29. The number of ether oxygens (including phenoxy) is 4. The molecule has 11 nitrogen and oxygen atoms in total. The lowest BCUT2D eigenvalue weighted by Gasteiger charge is -2.11. The highest BCUT2D eigenvalue weighted by Crippen LogP contribution is 2.38. The fourth-order valence-electron chi connectivity index (χ4n) is 2.47. The molecule has 1 N–H and O–H groups in total. The van der Waals surface area contributed by atoms with Crippen LogP contribution in [0, 0.1) is 10.1 Å². The maximum Gasteiger partial charge on any atom is 0.315 e. The summed E-state index contributed by atoms with van der Waals surface area (Å²) < 4.78 is 45.5. The van der Waals surface area contributed by atoms with Gasteiger partial charge in [0.05, 0.1) is 44.0 Å². The predicted molar refractivity (Wildman–Crippen MR) is 108 cm³/mol. The molecule has 0 aliphatic heterocycles. The van der Waals surface area contributed by atoms with Crippen LogP contribution < -0.4 is 23.8 Å². The molecule has 2 aromatic carbocycles. The molecule has 12 heteroatoms. The van der Waals surface area contributed by atoms with Crippen molar-refractivity contribution in [3.63, 3.8) is 0 Å². The Morgan fingerprint density at radius 3 is 2.30 bits per heavy atom. The van der Waals surface area contributed by atoms with Crippen LogP contribution in [0.2, 0.25) is 0 Å². The predicted octanol–water partition coefficient (Wildman–Crippen LogP) is 2.33. The Labute approximate surface area is 173 Å². The van der Waals surface area contributed by atoms with Gasteiger partial charge < -0.3 is 18.9 Å². The second-order valence-electron chi connectivity index (χ2n) is 5.63. The molecular formula is C18H21N3O8S. The van der Waals surface area contributed by atoms with E-state index in [-0.39, 0.29) is 40.0 Å². The Kier molecular flexibility index (Phi) is 7.42. The minimum Gasteiger partial charge on any atom is -0.493 e. The molecule has 0 heterocycles. The minimum atomic E-state index is -4.02. The van der Waals surface area contributed by atoms with E-state index in [2.05, 4.69) is 5.10 Å². The number of hydrogen-bond acceptors (Lipinski definition) is 9. The summed E-state index contributed by atoms with van der Waals surface area (Å²) in [6.07, 6.45) is 1.11. The molecule has 2 rings (SSSR count). The van der Waals surface area contributed by atoms with E-state index in [1.54, 1.807) is 6.92 Å². The zero-order valence-corrected chi connectivity index (χ0v) is 17.6. The first kappa shape index (κ1) is 22.7. The van der Waals surface area contributed by atoms with E-state index >= 15 is 0 Å². The first-order chi connectivity index (χ1) is 14.3. The van der Waals surface area contributed by atoms with Gasteiger partial charge in [0.15, 0.2) is 17.2 Å². The van der Waals surface area contributed by atoms with Gasteiger partial charge in [-0.15, -0.1) is 0 Å². The molecule has 0 fully saturated rings. The van der Waals surface area contributed by atoms with Crippen molar-refractivity contribution < 1.29 is 32.3 Å². The number of nitro groups is 1. The van der Waals surface area contributed by atoms with Gasteiger partial charge >= 0.3 is 5.69 Å². The van der Waals surface area contributed by atoms with E-state index in [1.807, 2.05) is 4.83 Å². The quantitative estimate of drug-likeness (QED) is 0.338. The van der Waals surface area contributed by atoms with Crippen LogP contribution in [0.1, 0.15) is 12.5 Å². The maximum atomic E-state index is 12.5. The fourth-order valence-corrected chi connectivity index (χ4v) is 3.27. The highest BCUT2D eigenvalue weighted by Gasteiger charge is 2.22. The van der Waals surface area contributed by atoms with Gasteiger partial charge in [-0.25, -0.2) is 4.83 Å². The molecule has 0 aliphatic carbocycles. The van der Waals surface area contributed by atoms with Crippen LogP contribution in [0.4, 0.5) is 5.69 Å². The molecule has 0 aliphatic rings. The highest BCUT2D eigenvalue weighted by molar-refractivity contribution is 7.89. The summed E-state index contributed by atoms with van der Waals surface area (Å²) in [6.45, 7) is 1.89. The molecule has 0 bridgehead atoms. The van der Waals surface area contributed by atoms with Crippen LogP contribution in [0.3, 0.4) is 0 Å². The van der Waals surface area contributed by atoms with Gasteiger partial charge in [0.25, 0.3) is 10.0 Å². The molecular weight excluding hydrogens is 418 g/mol. The van der Waals surface area contributed by atoms with Crippen LogP contribution >= 0.6 is 0 Å². The van der Waals surface area contributed by atoms with E-state index < -0.39 is 14.9 Å². The van der Waals surface area contributed by atoms with Crippen molar-refractivity contribution in [1.82, 2.24) is 4.83 Å². The smallest absolute Gasteiger partial charge is 0.315 e. The zero-order valence-electron chi connectivity index (χ0n) is 16.7. The number of rotatable bonds is 10. The van der Waals surface area contributed by atoms with Crippen LogP contribution in [0.25, 0.3) is 0 Å². The van der Waals surface area contributed by atoms with Crippen molar-refractivity contribution in [2.45, 2.75) is 11.8 Å². The summed E-state index contributed by atoms with van der Waals surface area (Å²) in [5, 5.41) is 15.0. The van der Waals surface area contributed by atoms with E-state index in [0.717, 1.165) is 6.21 Å². The van der Waals surface area contributed by atoms with Crippen molar-refractivity contribution in [2.24, 2.45) is 5.10 Å². The van der Waals surface area contributed by atoms with Gasteiger partial charge in [-0.1, -0.05) is 0 Å². The average molecular weight is 439 g/mol. The van der Waals surface area contributed by atoms with Gasteiger partial charge in [0.2, 0.25) is 5.75 Å². The zero-order chi connectivity index (χ0) is 22.3. The lowest BCUT2D eigenvalue weighted by Crippen LogP contribution is -2.18. The Morgan fingerprint density at radius 1 is 1.07 bits per heavy atom. The molecule has 0 saturated heterocycles. The van der Waals surface area contributed by atoms with Gasteiger partial charge in [-0.3, -0.25) is 10.1 Å². The first-order valence-electron chi connectivity index (χ1n) is 8.53. The molecule has 0 radical (unpaired) electrons. The van der Waals surface area contributed by atoms with Gasteiger partial charge in [0, 0.05) is 17.7 Å². The summed E-state index contributed by atoms with van der Waals surface area (Å²) in [4.78, 5) is 12.7. The SMILES string of the molecule is CCOc1c(OC)cc(/C=N/NS(=O)(=O)c2ccc(OC)c(OC)c2)cc1[N+](=O)[O-]. The largest absolute Gasteiger partial charge is 0.493 e. The standard InChI is InChI=1S/C18H21N3O8S/c1-5-29-18-14(21(22)23)8-12(9-17(18)28-4)11-19-20-30(24,25)13-6-7-15(26-2)16(10-13)27-3/h6-11,20H,5H2,1-4H3/b19-11+. The maximum absolute atomic E-state index is 12.5. The second kappa shape index (κ2) is 9.78. The van der Waals surface area contributed by atoms with E-state index in [4.69, 9.17) is 18.9 Å². The van der Waals surface area contributed by atoms with Crippen LogP contribution in [-0.4, -0.2) is 47.5 Å². The summed E-state index contributed by atoms with van der Waals surface area (Å²) in [5.74, 6) is 0.702. The van der Waals surface area contributed by atoms with Gasteiger partial charge in [0.1, 0.15) is 0 Å². The number of benzene rings is 2. The third kappa shape index (κ3) is 5.08. The Hall–Kier alpha value is -3.54. The number of methoxy groups -OCH3 is 3. The van der Waals surface area contributed by atoms with Crippen molar-refractivity contribution in [1.29, 1.82) is 0 Å². The number of nitrogens with one attached hydrogen (secondary N) is 1. The van der Waals surface area contributed by atoms with Crippen LogP contribution in [0.15, 0.2) is 40.3 Å². The summed E-state index contributed by atoms with van der Waals surface area (Å²) in [7, 11) is 0.126. The molecule has 30 heavy (non-hydrogen) atoms. The Balaban J connectivity index is 2.31. The third-order valence-electron chi connectivity index (χ3n) is 3.81. The molecule has 0 amide bonds. The highest BCUT2D eigenvalue weighted by atomic mass is 32.2. The molecule has 2 aromatic rings. The molecule has 0 aromatic heterocycles. The van der Waals surface area contributed by atoms with Crippen LogP contribution in [-0.2, 0) is 10.0 Å².